The SMILES string of the molecule is O=S(=O)(CCCl)Nc1nc2c(s1)CCC2. The summed E-state index contributed by atoms with van der Waals surface area (Å²) < 4.78 is 25.2. The van der Waals surface area contributed by atoms with Crippen LogP contribution in [0.4, 0.5) is 5.13 Å². The Bertz CT molecular complexity index is 434. The molecule has 1 N–H and O–H groups in total. The van der Waals surface area contributed by atoms with Crippen LogP contribution in [0.15, 0.2) is 0 Å². The van der Waals surface area contributed by atoms with Crippen LogP contribution in [0.1, 0.15) is 17.0 Å². The lowest BCUT2D eigenvalue weighted by molar-refractivity contribution is 0.602. The molecule has 0 radical (unpaired) electrons. The van der Waals surface area contributed by atoms with E-state index >= 15 is 0 Å². The molecule has 0 bridgehead atoms. The van der Waals surface area contributed by atoms with Crippen molar-refractivity contribution in [3.63, 3.8) is 0 Å². The van der Waals surface area contributed by atoms with Gasteiger partial charge in [0.15, 0.2) is 5.13 Å². The second kappa shape index (κ2) is 4.27. The van der Waals surface area contributed by atoms with Crippen molar-refractivity contribution in [2.24, 2.45) is 0 Å². The Hall–Kier alpha value is -0.330. The maximum atomic E-state index is 11.4. The number of nitrogens with one attached hydrogen (secondary N) is 1. The lowest BCUT2D eigenvalue weighted by atomic mass is 10.4. The quantitative estimate of drug-likeness (QED) is 0.843. The van der Waals surface area contributed by atoms with Crippen molar-refractivity contribution in [2.45, 2.75) is 19.3 Å². The summed E-state index contributed by atoms with van der Waals surface area (Å²) in [5, 5.41) is 0.477. The molecular weight excluding hydrogens is 256 g/mol. The highest BCUT2D eigenvalue weighted by atomic mass is 35.5. The number of nitrogens with zero attached hydrogens (tertiary/aromatic N) is 1. The molecule has 0 spiro atoms. The number of aryl methyl sites for hydroxylation is 2. The number of fused-ring (bicyclic) bond motifs is 1. The molecule has 0 saturated carbocycles. The third-order valence-corrected chi connectivity index (χ3v) is 5.05. The van der Waals surface area contributed by atoms with Gasteiger partial charge in [-0.25, -0.2) is 13.4 Å². The molecule has 1 heterocycles. The number of aromatic nitrogens is 1. The average Bonchev–Trinajstić information content (AvgIpc) is 2.61. The zero-order valence-electron chi connectivity index (χ0n) is 7.99. The molecule has 4 nitrogen and oxygen atoms in total. The molecule has 0 amide bonds. The lowest BCUT2D eigenvalue weighted by Crippen LogP contribution is -2.17. The van der Waals surface area contributed by atoms with Crippen molar-refractivity contribution in [3.8, 4) is 0 Å². The van der Waals surface area contributed by atoms with Gasteiger partial charge < -0.3 is 0 Å². The van der Waals surface area contributed by atoms with Gasteiger partial charge in [-0.15, -0.1) is 22.9 Å². The molecule has 1 aromatic rings. The second-order valence-corrected chi connectivity index (χ2v) is 6.66. The van der Waals surface area contributed by atoms with Gasteiger partial charge in [-0.1, -0.05) is 0 Å². The second-order valence-electron chi connectivity index (χ2n) is 3.35. The van der Waals surface area contributed by atoms with E-state index in [2.05, 4.69) is 9.71 Å². The monoisotopic (exact) mass is 266 g/mol. The number of alkyl halides is 1. The van der Waals surface area contributed by atoms with E-state index in [1.54, 1.807) is 0 Å². The van der Waals surface area contributed by atoms with Crippen molar-refractivity contribution in [1.29, 1.82) is 0 Å². The first-order valence-corrected chi connectivity index (χ1v) is 7.66. The fourth-order valence-electron chi connectivity index (χ4n) is 1.52. The van der Waals surface area contributed by atoms with Gasteiger partial charge >= 0.3 is 0 Å². The van der Waals surface area contributed by atoms with Gasteiger partial charge in [-0.05, 0) is 19.3 Å². The number of thiazole rings is 1. The van der Waals surface area contributed by atoms with Gasteiger partial charge in [0.2, 0.25) is 10.0 Å². The minimum absolute atomic E-state index is 0.0706. The summed E-state index contributed by atoms with van der Waals surface area (Å²) in [6.45, 7) is 0. The van der Waals surface area contributed by atoms with Gasteiger partial charge in [0.05, 0.1) is 11.4 Å². The van der Waals surface area contributed by atoms with Crippen molar-refractivity contribution < 1.29 is 8.42 Å². The Balaban J connectivity index is 2.12. The predicted octanol–water partition coefficient (Wildman–Crippen LogP) is 1.61. The van der Waals surface area contributed by atoms with Gasteiger partial charge in [0.1, 0.15) is 0 Å². The van der Waals surface area contributed by atoms with E-state index in [1.165, 1.54) is 16.2 Å². The van der Waals surface area contributed by atoms with E-state index in [0.29, 0.717) is 5.13 Å². The van der Waals surface area contributed by atoms with Crippen LogP contribution in [0.25, 0.3) is 0 Å². The van der Waals surface area contributed by atoms with Crippen LogP contribution in [-0.4, -0.2) is 25.0 Å². The third kappa shape index (κ3) is 2.62. The van der Waals surface area contributed by atoms with E-state index in [9.17, 15) is 8.42 Å². The van der Waals surface area contributed by atoms with Gasteiger partial charge in [-0.3, -0.25) is 4.72 Å². The first-order valence-electron chi connectivity index (χ1n) is 4.66. The molecule has 7 heteroatoms. The number of anilines is 1. The van der Waals surface area contributed by atoms with Crippen LogP contribution in [0.2, 0.25) is 0 Å². The van der Waals surface area contributed by atoms with E-state index in [4.69, 9.17) is 11.6 Å². The van der Waals surface area contributed by atoms with Gasteiger partial charge in [0.25, 0.3) is 0 Å². The molecule has 0 atom stereocenters. The smallest absolute Gasteiger partial charge is 0.235 e. The van der Waals surface area contributed by atoms with E-state index < -0.39 is 10.0 Å². The molecular formula is C8H11ClN2O2S2. The maximum Gasteiger partial charge on any atom is 0.235 e. The zero-order valence-corrected chi connectivity index (χ0v) is 10.4. The molecule has 2 rings (SSSR count). The zero-order chi connectivity index (χ0) is 10.9. The van der Waals surface area contributed by atoms with Crippen LogP contribution < -0.4 is 4.72 Å². The molecule has 0 fully saturated rings. The number of hydrogen-bond donors (Lipinski definition) is 1. The highest BCUT2D eigenvalue weighted by Gasteiger charge is 2.19. The van der Waals surface area contributed by atoms with E-state index in [-0.39, 0.29) is 11.6 Å². The molecule has 1 aromatic heterocycles. The van der Waals surface area contributed by atoms with Gasteiger partial charge in [-0.2, -0.15) is 0 Å². The third-order valence-electron chi connectivity index (χ3n) is 2.18. The summed E-state index contributed by atoms with van der Waals surface area (Å²) in [6.07, 6.45) is 3.11. The predicted molar refractivity (Wildman–Crippen MR) is 62.3 cm³/mol. The standard InChI is InChI=1S/C8H11ClN2O2S2/c9-4-5-15(12,13)11-8-10-6-2-1-3-7(6)14-8/h1-5H2,(H,10,11). The topological polar surface area (TPSA) is 59.1 Å². The first kappa shape index (κ1) is 11.2. The summed E-state index contributed by atoms with van der Waals surface area (Å²) in [5.41, 5.74) is 1.04. The molecule has 0 saturated heterocycles. The molecule has 1 aliphatic rings. The summed E-state index contributed by atoms with van der Waals surface area (Å²) in [7, 11) is -3.31. The van der Waals surface area contributed by atoms with Crippen LogP contribution in [0.3, 0.4) is 0 Å². The average molecular weight is 267 g/mol. The van der Waals surface area contributed by atoms with Crippen LogP contribution in [-0.2, 0) is 22.9 Å². The van der Waals surface area contributed by atoms with Crippen molar-refractivity contribution in [1.82, 2.24) is 4.98 Å². The Kier molecular flexibility index (Phi) is 3.18. The minimum Gasteiger partial charge on any atom is -0.259 e. The van der Waals surface area contributed by atoms with E-state index in [1.807, 2.05) is 0 Å². The molecule has 0 aromatic carbocycles. The van der Waals surface area contributed by atoms with E-state index in [0.717, 1.165) is 25.0 Å². The first-order chi connectivity index (χ1) is 7.11. The number of halogens is 1. The fourth-order valence-corrected chi connectivity index (χ4v) is 4.19. The molecule has 84 valence electrons. The van der Waals surface area contributed by atoms with Crippen LogP contribution in [0.5, 0.6) is 0 Å². The summed E-state index contributed by atoms with van der Waals surface area (Å²) >= 11 is 6.82. The van der Waals surface area contributed by atoms with Crippen molar-refractivity contribution >= 4 is 38.1 Å². The number of sulfonamides is 1. The highest BCUT2D eigenvalue weighted by molar-refractivity contribution is 7.92. The molecule has 1 aliphatic carbocycles. The Labute approximate surface area is 97.7 Å². The molecule has 0 unspecified atom stereocenters. The fraction of sp³-hybridized carbons (Fsp3) is 0.625. The normalized spacial score (nSPS) is 15.3. The van der Waals surface area contributed by atoms with Crippen molar-refractivity contribution in [2.75, 3.05) is 16.4 Å². The van der Waals surface area contributed by atoms with Crippen LogP contribution >= 0.6 is 22.9 Å². The van der Waals surface area contributed by atoms with Crippen LogP contribution in [0, 0.1) is 0 Å². The Morgan fingerprint density at radius 1 is 1.47 bits per heavy atom. The summed E-state index contributed by atoms with van der Waals surface area (Å²) in [6, 6.07) is 0. The maximum absolute atomic E-state index is 11.4. The summed E-state index contributed by atoms with van der Waals surface area (Å²) in [4.78, 5) is 5.45. The largest absolute Gasteiger partial charge is 0.259 e. The summed E-state index contributed by atoms with van der Waals surface area (Å²) in [5.74, 6) is 0.0270. The molecule has 15 heavy (non-hydrogen) atoms. The van der Waals surface area contributed by atoms with Crippen molar-refractivity contribution in [3.05, 3.63) is 10.6 Å². The lowest BCUT2D eigenvalue weighted by Gasteiger charge is -2.01. The minimum atomic E-state index is -3.31. The number of hydrogen-bond acceptors (Lipinski definition) is 4. The Morgan fingerprint density at radius 2 is 2.27 bits per heavy atom. The Morgan fingerprint density at radius 3 is 2.93 bits per heavy atom. The molecule has 0 aliphatic heterocycles. The highest BCUT2D eigenvalue weighted by Crippen LogP contribution is 2.30. The number of rotatable bonds is 4. The van der Waals surface area contributed by atoms with Gasteiger partial charge in [0, 0.05) is 10.8 Å².